The van der Waals surface area contributed by atoms with Crippen LogP contribution in [0.5, 0.6) is 0 Å². The average Bonchev–Trinajstić information content (AvgIpc) is 3.02. The van der Waals surface area contributed by atoms with Gasteiger partial charge in [0, 0.05) is 20.8 Å². The summed E-state index contributed by atoms with van der Waals surface area (Å²) in [5.74, 6) is -0.525. The van der Waals surface area contributed by atoms with E-state index in [1.54, 1.807) is 24.3 Å². The van der Waals surface area contributed by atoms with Crippen LogP contribution >= 0.6 is 59.4 Å². The van der Waals surface area contributed by atoms with E-state index < -0.39 is 5.41 Å². The lowest BCUT2D eigenvalue weighted by atomic mass is 9.43. The van der Waals surface area contributed by atoms with E-state index in [0.717, 1.165) is 12.8 Å². The van der Waals surface area contributed by atoms with E-state index in [1.165, 1.54) is 0 Å². The molecule has 2 bridgehead atoms. The number of fused-ring (bicyclic) bond motifs is 1. The molecule has 3 atom stereocenters. The molecular formula is C17H18Br3ClN2O2. The van der Waals surface area contributed by atoms with Crippen LogP contribution in [0.25, 0.3) is 0 Å². The summed E-state index contributed by atoms with van der Waals surface area (Å²) in [7, 11) is 0. The highest BCUT2D eigenvalue weighted by Gasteiger charge is 2.83. The second-order valence-electron chi connectivity index (χ2n) is 7.22. The molecule has 4 nitrogen and oxygen atoms in total. The number of hydrogen-bond donors (Lipinski definition) is 2. The van der Waals surface area contributed by atoms with Gasteiger partial charge in [0.05, 0.1) is 9.15 Å². The maximum atomic E-state index is 13.0. The molecule has 4 rings (SSSR count). The van der Waals surface area contributed by atoms with Crippen LogP contribution in [0, 0.1) is 16.2 Å². The number of benzene rings is 1. The van der Waals surface area contributed by atoms with Crippen molar-refractivity contribution >= 4 is 71.2 Å². The molecule has 0 aromatic heterocycles. The van der Waals surface area contributed by atoms with Crippen LogP contribution < -0.4 is 10.9 Å². The number of hydrogen-bond acceptors (Lipinski definition) is 2. The summed E-state index contributed by atoms with van der Waals surface area (Å²) in [6.07, 6.45) is 1.70. The van der Waals surface area contributed by atoms with Crippen LogP contribution in [-0.4, -0.2) is 20.4 Å². The molecule has 3 aliphatic carbocycles. The van der Waals surface area contributed by atoms with Gasteiger partial charge in [-0.15, -0.1) is 0 Å². The van der Waals surface area contributed by atoms with Crippen LogP contribution in [0.3, 0.4) is 0 Å². The molecule has 0 spiro atoms. The average molecular weight is 558 g/mol. The maximum Gasteiger partial charge on any atom is 0.269 e. The van der Waals surface area contributed by atoms with Crippen LogP contribution in [0.1, 0.15) is 37.0 Å². The number of carbonyl (C=O) groups excluding carboxylic acids is 2. The summed E-state index contributed by atoms with van der Waals surface area (Å²) in [6.45, 7) is 4.24. The third-order valence-electron chi connectivity index (χ3n) is 6.29. The third kappa shape index (κ3) is 2.48. The van der Waals surface area contributed by atoms with Gasteiger partial charge in [-0.25, -0.2) is 0 Å². The molecule has 3 saturated carbocycles. The molecule has 3 fully saturated rings. The largest absolute Gasteiger partial charge is 0.273 e. The van der Waals surface area contributed by atoms with Crippen molar-refractivity contribution in [2.24, 2.45) is 16.2 Å². The monoisotopic (exact) mass is 554 g/mol. The van der Waals surface area contributed by atoms with Crippen molar-refractivity contribution in [3.63, 3.8) is 0 Å². The molecule has 1 aromatic rings. The Kier molecular flexibility index (Phi) is 5.11. The molecule has 8 heteroatoms. The van der Waals surface area contributed by atoms with Crippen LogP contribution in [0.2, 0.25) is 5.02 Å². The van der Waals surface area contributed by atoms with Gasteiger partial charge in [0.2, 0.25) is 5.91 Å². The predicted molar refractivity (Wildman–Crippen MR) is 109 cm³/mol. The molecule has 136 valence electrons. The predicted octanol–water partition coefficient (Wildman–Crippen LogP) is 4.79. The molecule has 3 unspecified atom stereocenters. The number of carbonyl (C=O) groups is 2. The molecule has 25 heavy (non-hydrogen) atoms. The third-order valence-corrected chi connectivity index (χ3v) is 9.77. The lowest BCUT2D eigenvalue weighted by Gasteiger charge is -2.66. The summed E-state index contributed by atoms with van der Waals surface area (Å²) >= 11 is 16.9. The topological polar surface area (TPSA) is 58.2 Å². The number of amides is 2. The SMILES string of the molecule is CC1(C)C2(C(=O)NNC(=O)c3ccc(Cl)cc3)CCC1(C(Br)Br)C2Br. The summed E-state index contributed by atoms with van der Waals surface area (Å²) < 4.78 is 0.110. The van der Waals surface area contributed by atoms with Crippen molar-refractivity contribution in [3.8, 4) is 0 Å². The number of nitrogens with one attached hydrogen (secondary N) is 2. The second kappa shape index (κ2) is 6.50. The Morgan fingerprint density at radius 3 is 2.24 bits per heavy atom. The van der Waals surface area contributed by atoms with Gasteiger partial charge in [-0.05, 0) is 42.5 Å². The smallest absolute Gasteiger partial charge is 0.269 e. The Morgan fingerprint density at radius 2 is 1.76 bits per heavy atom. The van der Waals surface area contributed by atoms with Gasteiger partial charge in [0.25, 0.3) is 5.91 Å². The number of halogens is 4. The second-order valence-corrected chi connectivity index (χ2v) is 11.6. The van der Waals surface area contributed by atoms with E-state index in [-0.39, 0.29) is 31.2 Å². The van der Waals surface area contributed by atoms with Gasteiger partial charge in [0.1, 0.15) is 0 Å². The highest BCUT2D eigenvalue weighted by Crippen LogP contribution is 2.82. The van der Waals surface area contributed by atoms with E-state index in [0.29, 0.717) is 10.6 Å². The van der Waals surface area contributed by atoms with Gasteiger partial charge in [-0.1, -0.05) is 73.2 Å². The van der Waals surface area contributed by atoms with Gasteiger partial charge in [0.15, 0.2) is 0 Å². The minimum Gasteiger partial charge on any atom is -0.273 e. The summed E-state index contributed by atoms with van der Waals surface area (Å²) in [4.78, 5) is 25.2. The van der Waals surface area contributed by atoms with Gasteiger partial charge >= 0.3 is 0 Å². The van der Waals surface area contributed by atoms with Crippen molar-refractivity contribution in [2.75, 3.05) is 0 Å². The van der Waals surface area contributed by atoms with E-state index in [2.05, 4.69) is 72.5 Å². The van der Waals surface area contributed by atoms with Gasteiger partial charge in [-0.3, -0.25) is 20.4 Å². The lowest BCUT2D eigenvalue weighted by Crippen LogP contribution is -2.72. The van der Waals surface area contributed by atoms with Crippen LogP contribution in [0.4, 0.5) is 0 Å². The summed E-state index contributed by atoms with van der Waals surface area (Å²) in [5.41, 5.74) is 4.75. The minimum atomic E-state index is -0.555. The molecule has 0 radical (unpaired) electrons. The Bertz CT molecular complexity index is 725. The first-order valence-electron chi connectivity index (χ1n) is 7.90. The fourth-order valence-electron chi connectivity index (χ4n) is 4.60. The first-order chi connectivity index (χ1) is 11.6. The van der Waals surface area contributed by atoms with E-state index in [1.807, 2.05) is 0 Å². The van der Waals surface area contributed by atoms with Crippen molar-refractivity contribution in [2.45, 2.75) is 35.3 Å². The molecule has 0 aliphatic heterocycles. The highest BCUT2D eigenvalue weighted by atomic mass is 79.9. The first-order valence-corrected chi connectivity index (χ1v) is 11.0. The molecule has 2 N–H and O–H groups in total. The Morgan fingerprint density at radius 1 is 1.16 bits per heavy atom. The number of rotatable bonds is 3. The Labute approximate surface area is 177 Å². The molecule has 2 amide bonds. The zero-order valence-electron chi connectivity index (χ0n) is 13.7. The molecule has 0 heterocycles. The normalized spacial score (nSPS) is 32.2. The van der Waals surface area contributed by atoms with E-state index in [9.17, 15) is 9.59 Å². The van der Waals surface area contributed by atoms with Crippen LogP contribution in [-0.2, 0) is 4.79 Å². The van der Waals surface area contributed by atoms with Crippen molar-refractivity contribution in [1.82, 2.24) is 10.9 Å². The fourth-order valence-corrected chi connectivity index (χ4v) is 9.64. The minimum absolute atomic E-state index is 0.0266. The zero-order chi connectivity index (χ0) is 18.6. The zero-order valence-corrected chi connectivity index (χ0v) is 19.2. The molecular weight excluding hydrogens is 539 g/mol. The Balaban J connectivity index is 1.72. The number of alkyl halides is 3. The molecule has 0 saturated heterocycles. The van der Waals surface area contributed by atoms with Crippen molar-refractivity contribution in [1.29, 1.82) is 0 Å². The van der Waals surface area contributed by atoms with Crippen molar-refractivity contribution < 1.29 is 9.59 Å². The van der Waals surface area contributed by atoms with Crippen LogP contribution in [0.15, 0.2) is 24.3 Å². The Hall–Kier alpha value is -0.110. The standard InChI is InChI=1S/C17H18Br3ClN2O2/c1-15(2)16(13(19)20)7-8-17(15,12(16)18)14(25)23-22-11(24)9-3-5-10(21)6-4-9/h3-6,12-13H,7-8H2,1-2H3,(H,22,24)(H,23,25). The fraction of sp³-hybridized carbons (Fsp3) is 0.529. The van der Waals surface area contributed by atoms with E-state index >= 15 is 0 Å². The van der Waals surface area contributed by atoms with Crippen molar-refractivity contribution in [3.05, 3.63) is 34.9 Å². The highest BCUT2D eigenvalue weighted by molar-refractivity contribution is 9.24. The lowest BCUT2D eigenvalue weighted by molar-refractivity contribution is -0.162. The quantitative estimate of drug-likeness (QED) is 0.415. The molecule has 1 aromatic carbocycles. The van der Waals surface area contributed by atoms with Gasteiger partial charge < -0.3 is 0 Å². The maximum absolute atomic E-state index is 13.0. The first kappa shape index (κ1) is 19.6. The number of hydrazine groups is 1. The van der Waals surface area contributed by atoms with Gasteiger partial charge in [-0.2, -0.15) is 0 Å². The van der Waals surface area contributed by atoms with E-state index in [4.69, 9.17) is 11.6 Å². The summed E-state index contributed by atoms with van der Waals surface area (Å²) in [6, 6.07) is 6.50. The molecule has 3 aliphatic rings. The summed E-state index contributed by atoms with van der Waals surface area (Å²) in [5, 5.41) is 0.555.